The van der Waals surface area contributed by atoms with Crippen LogP contribution in [0.2, 0.25) is 0 Å². The fourth-order valence-corrected chi connectivity index (χ4v) is 2.35. The number of hydrogen-bond acceptors (Lipinski definition) is 3. The van der Waals surface area contributed by atoms with Crippen molar-refractivity contribution in [2.24, 2.45) is 5.41 Å². The summed E-state index contributed by atoms with van der Waals surface area (Å²) in [5.74, 6) is 0.976. The average molecular weight is 222 g/mol. The van der Waals surface area contributed by atoms with E-state index in [-0.39, 0.29) is 0 Å². The third-order valence-electron chi connectivity index (χ3n) is 3.60. The second-order valence-corrected chi connectivity index (χ2v) is 5.57. The lowest BCUT2D eigenvalue weighted by atomic mass is 9.75. The van der Waals surface area contributed by atoms with Crippen LogP contribution in [0.3, 0.4) is 0 Å². The number of aromatic amines is 1. The SMILES string of the molecule is CC1(C)CCC(NCCc2ncn[nH]2)CC1. The van der Waals surface area contributed by atoms with Gasteiger partial charge in [-0.05, 0) is 31.1 Å². The second kappa shape index (κ2) is 4.95. The van der Waals surface area contributed by atoms with Crippen molar-refractivity contribution < 1.29 is 0 Å². The molecule has 0 aromatic carbocycles. The zero-order valence-electron chi connectivity index (χ0n) is 10.3. The molecule has 90 valence electrons. The monoisotopic (exact) mass is 222 g/mol. The Kier molecular flexibility index (Phi) is 3.59. The molecule has 1 aliphatic rings. The smallest absolute Gasteiger partial charge is 0.137 e. The lowest BCUT2D eigenvalue weighted by Crippen LogP contribution is -2.36. The molecule has 4 heteroatoms. The number of rotatable bonds is 4. The van der Waals surface area contributed by atoms with E-state index in [1.165, 1.54) is 25.7 Å². The fraction of sp³-hybridized carbons (Fsp3) is 0.833. The van der Waals surface area contributed by atoms with Gasteiger partial charge in [0.25, 0.3) is 0 Å². The van der Waals surface area contributed by atoms with Crippen LogP contribution in [0.25, 0.3) is 0 Å². The van der Waals surface area contributed by atoms with Crippen LogP contribution in [0.5, 0.6) is 0 Å². The first-order valence-corrected chi connectivity index (χ1v) is 6.23. The summed E-state index contributed by atoms with van der Waals surface area (Å²) in [7, 11) is 0. The lowest BCUT2D eigenvalue weighted by Gasteiger charge is -2.34. The summed E-state index contributed by atoms with van der Waals surface area (Å²) in [5.41, 5.74) is 0.559. The Balaban J connectivity index is 1.64. The molecule has 16 heavy (non-hydrogen) atoms. The number of nitrogens with one attached hydrogen (secondary N) is 2. The minimum Gasteiger partial charge on any atom is -0.314 e. The van der Waals surface area contributed by atoms with Crippen molar-refractivity contribution in [1.82, 2.24) is 20.5 Å². The van der Waals surface area contributed by atoms with Gasteiger partial charge in [0.1, 0.15) is 12.2 Å². The van der Waals surface area contributed by atoms with Gasteiger partial charge in [-0.25, -0.2) is 4.98 Å². The first kappa shape index (κ1) is 11.6. The summed E-state index contributed by atoms with van der Waals surface area (Å²) in [6.07, 6.45) is 7.81. The van der Waals surface area contributed by atoms with Crippen molar-refractivity contribution in [3.05, 3.63) is 12.2 Å². The molecule has 4 nitrogen and oxygen atoms in total. The molecule has 0 aliphatic heterocycles. The van der Waals surface area contributed by atoms with Gasteiger partial charge in [-0.2, -0.15) is 5.10 Å². The molecule has 0 saturated heterocycles. The Morgan fingerprint density at radius 1 is 1.44 bits per heavy atom. The lowest BCUT2D eigenvalue weighted by molar-refractivity contribution is 0.207. The highest BCUT2D eigenvalue weighted by Crippen LogP contribution is 2.34. The van der Waals surface area contributed by atoms with Crippen LogP contribution in [-0.2, 0) is 6.42 Å². The molecule has 1 saturated carbocycles. The molecule has 0 unspecified atom stereocenters. The van der Waals surface area contributed by atoms with Crippen LogP contribution >= 0.6 is 0 Å². The number of nitrogens with zero attached hydrogens (tertiary/aromatic N) is 2. The third kappa shape index (κ3) is 3.30. The van der Waals surface area contributed by atoms with Gasteiger partial charge in [0.15, 0.2) is 0 Å². The summed E-state index contributed by atoms with van der Waals surface area (Å²) in [4.78, 5) is 4.12. The third-order valence-corrected chi connectivity index (χ3v) is 3.60. The predicted octanol–water partition coefficient (Wildman–Crippen LogP) is 1.91. The van der Waals surface area contributed by atoms with Crippen LogP contribution < -0.4 is 5.32 Å². The van der Waals surface area contributed by atoms with Crippen molar-refractivity contribution in [2.45, 2.75) is 52.0 Å². The van der Waals surface area contributed by atoms with Crippen molar-refractivity contribution in [1.29, 1.82) is 0 Å². The van der Waals surface area contributed by atoms with E-state index in [1.807, 2.05) is 0 Å². The van der Waals surface area contributed by atoms with E-state index >= 15 is 0 Å². The van der Waals surface area contributed by atoms with E-state index in [0.29, 0.717) is 11.5 Å². The maximum atomic E-state index is 4.12. The van der Waals surface area contributed by atoms with E-state index in [0.717, 1.165) is 18.8 Å². The van der Waals surface area contributed by atoms with E-state index in [1.54, 1.807) is 6.33 Å². The van der Waals surface area contributed by atoms with Gasteiger partial charge < -0.3 is 5.32 Å². The van der Waals surface area contributed by atoms with Crippen molar-refractivity contribution in [3.8, 4) is 0 Å². The first-order valence-electron chi connectivity index (χ1n) is 6.23. The molecule has 1 fully saturated rings. The molecular formula is C12H22N4. The minimum absolute atomic E-state index is 0.559. The van der Waals surface area contributed by atoms with Crippen LogP contribution in [0.4, 0.5) is 0 Å². The van der Waals surface area contributed by atoms with Crippen LogP contribution in [0, 0.1) is 5.41 Å². The fourth-order valence-electron chi connectivity index (χ4n) is 2.35. The summed E-state index contributed by atoms with van der Waals surface area (Å²) in [5, 5.41) is 10.3. The molecule has 0 radical (unpaired) electrons. The maximum Gasteiger partial charge on any atom is 0.137 e. The molecular weight excluding hydrogens is 200 g/mol. The van der Waals surface area contributed by atoms with Crippen molar-refractivity contribution in [2.75, 3.05) is 6.54 Å². The number of H-pyrrole nitrogens is 1. The Morgan fingerprint density at radius 3 is 2.81 bits per heavy atom. The Hall–Kier alpha value is -0.900. The quantitative estimate of drug-likeness (QED) is 0.818. The van der Waals surface area contributed by atoms with E-state index < -0.39 is 0 Å². The van der Waals surface area contributed by atoms with E-state index in [4.69, 9.17) is 0 Å². The largest absolute Gasteiger partial charge is 0.314 e. The van der Waals surface area contributed by atoms with Crippen LogP contribution in [0.15, 0.2) is 6.33 Å². The molecule has 1 aromatic rings. The first-order chi connectivity index (χ1) is 7.66. The highest BCUT2D eigenvalue weighted by Gasteiger charge is 2.26. The molecule has 1 aromatic heterocycles. The standard InChI is InChI=1S/C12H22N4/c1-12(2)6-3-10(4-7-12)13-8-5-11-14-9-15-16-11/h9-10,13H,3-8H2,1-2H3,(H,14,15,16). The molecule has 0 atom stereocenters. The number of aromatic nitrogens is 3. The van der Waals surface area contributed by atoms with Crippen LogP contribution in [-0.4, -0.2) is 27.8 Å². The molecule has 0 amide bonds. The predicted molar refractivity (Wildman–Crippen MR) is 64.1 cm³/mol. The van der Waals surface area contributed by atoms with Crippen LogP contribution in [0.1, 0.15) is 45.4 Å². The Bertz CT molecular complexity index is 295. The van der Waals surface area contributed by atoms with Gasteiger partial charge in [0, 0.05) is 19.0 Å². The van der Waals surface area contributed by atoms with Gasteiger partial charge in [0.05, 0.1) is 0 Å². The molecule has 1 heterocycles. The Morgan fingerprint density at radius 2 is 2.19 bits per heavy atom. The van der Waals surface area contributed by atoms with Crippen molar-refractivity contribution >= 4 is 0 Å². The summed E-state index contributed by atoms with van der Waals surface area (Å²) in [6.45, 7) is 5.75. The summed E-state index contributed by atoms with van der Waals surface area (Å²) in [6, 6.07) is 0.705. The van der Waals surface area contributed by atoms with Gasteiger partial charge in [0.2, 0.25) is 0 Å². The van der Waals surface area contributed by atoms with E-state index in [9.17, 15) is 0 Å². The highest BCUT2D eigenvalue weighted by molar-refractivity contribution is 4.85. The zero-order chi connectivity index (χ0) is 11.4. The molecule has 2 rings (SSSR count). The normalized spacial score (nSPS) is 21.1. The minimum atomic E-state index is 0.559. The molecule has 0 spiro atoms. The Labute approximate surface area is 97.2 Å². The summed E-state index contributed by atoms with van der Waals surface area (Å²) >= 11 is 0. The number of hydrogen-bond donors (Lipinski definition) is 2. The van der Waals surface area contributed by atoms with E-state index in [2.05, 4.69) is 34.3 Å². The average Bonchev–Trinajstić information content (AvgIpc) is 2.73. The van der Waals surface area contributed by atoms with Gasteiger partial charge in [-0.15, -0.1) is 0 Å². The summed E-state index contributed by atoms with van der Waals surface area (Å²) < 4.78 is 0. The van der Waals surface area contributed by atoms with Crippen molar-refractivity contribution in [3.63, 3.8) is 0 Å². The van der Waals surface area contributed by atoms with Gasteiger partial charge in [-0.1, -0.05) is 13.8 Å². The molecule has 1 aliphatic carbocycles. The molecule has 0 bridgehead atoms. The van der Waals surface area contributed by atoms with Gasteiger partial charge >= 0.3 is 0 Å². The maximum absolute atomic E-state index is 4.12. The van der Waals surface area contributed by atoms with Gasteiger partial charge in [-0.3, -0.25) is 5.10 Å². The zero-order valence-corrected chi connectivity index (χ0v) is 10.3. The molecule has 2 N–H and O–H groups in total. The highest BCUT2D eigenvalue weighted by atomic mass is 15.2. The second-order valence-electron chi connectivity index (χ2n) is 5.57. The topological polar surface area (TPSA) is 53.6 Å².